The molecule has 2 aromatic carbocycles. The van der Waals surface area contributed by atoms with Gasteiger partial charge in [-0.1, -0.05) is 60.3 Å². The van der Waals surface area contributed by atoms with Crippen molar-refractivity contribution in [3.8, 4) is 11.3 Å². The molecule has 4 nitrogen and oxygen atoms in total. The Morgan fingerprint density at radius 3 is 2.33 bits per heavy atom. The summed E-state index contributed by atoms with van der Waals surface area (Å²) in [5.41, 5.74) is 9.10. The van der Waals surface area contributed by atoms with E-state index in [1.165, 1.54) is 0 Å². The Hall–Kier alpha value is -2.08. The van der Waals surface area contributed by atoms with E-state index in [9.17, 15) is 5.11 Å². The lowest BCUT2D eigenvalue weighted by Gasteiger charge is -2.11. The fourth-order valence-electron chi connectivity index (χ4n) is 2.62. The standard InChI is InChI=1S/C19H21N3OS/c1-22-19(24-16-10-6-3-7-11-16)17(12-15(20)13-23)18(21-22)14-8-4-2-5-9-14/h2-11,15,23H,12-13,20H2,1H3. The largest absolute Gasteiger partial charge is 0.395 e. The summed E-state index contributed by atoms with van der Waals surface area (Å²) in [7, 11) is 1.95. The molecule has 0 saturated heterocycles. The molecule has 3 N–H and O–H groups in total. The van der Waals surface area contributed by atoms with Crippen molar-refractivity contribution >= 4 is 11.8 Å². The highest BCUT2D eigenvalue weighted by Crippen LogP contribution is 2.36. The molecule has 24 heavy (non-hydrogen) atoms. The van der Waals surface area contributed by atoms with Crippen LogP contribution in [-0.2, 0) is 13.5 Å². The van der Waals surface area contributed by atoms with E-state index >= 15 is 0 Å². The molecule has 1 heterocycles. The van der Waals surface area contributed by atoms with Crippen molar-refractivity contribution in [2.24, 2.45) is 12.8 Å². The molecule has 5 heteroatoms. The van der Waals surface area contributed by atoms with E-state index < -0.39 is 0 Å². The van der Waals surface area contributed by atoms with Crippen LogP contribution in [0.25, 0.3) is 11.3 Å². The molecule has 0 saturated carbocycles. The highest BCUT2D eigenvalue weighted by atomic mass is 32.2. The lowest BCUT2D eigenvalue weighted by atomic mass is 10.0. The van der Waals surface area contributed by atoms with Crippen molar-refractivity contribution in [2.75, 3.05) is 6.61 Å². The second-order valence-corrected chi connectivity index (χ2v) is 6.75. The summed E-state index contributed by atoms with van der Waals surface area (Å²) in [5.74, 6) is 0. The minimum Gasteiger partial charge on any atom is -0.395 e. The molecule has 0 spiro atoms. The van der Waals surface area contributed by atoms with Gasteiger partial charge in [0.05, 0.1) is 12.3 Å². The van der Waals surface area contributed by atoms with Crippen LogP contribution in [0.5, 0.6) is 0 Å². The molecule has 0 aliphatic carbocycles. The van der Waals surface area contributed by atoms with Gasteiger partial charge in [-0.3, -0.25) is 4.68 Å². The van der Waals surface area contributed by atoms with Crippen molar-refractivity contribution in [3.63, 3.8) is 0 Å². The van der Waals surface area contributed by atoms with Crippen LogP contribution in [0.15, 0.2) is 70.6 Å². The van der Waals surface area contributed by atoms with Crippen LogP contribution < -0.4 is 5.73 Å². The molecule has 0 aliphatic rings. The quantitative estimate of drug-likeness (QED) is 0.724. The molecule has 0 aliphatic heterocycles. The van der Waals surface area contributed by atoms with Gasteiger partial charge in [0.25, 0.3) is 0 Å². The minimum absolute atomic E-state index is 0.0431. The van der Waals surface area contributed by atoms with Crippen LogP contribution in [0, 0.1) is 0 Å². The molecule has 0 fully saturated rings. The number of rotatable bonds is 6. The van der Waals surface area contributed by atoms with Crippen LogP contribution in [0.1, 0.15) is 5.56 Å². The second-order valence-electron chi connectivity index (χ2n) is 5.68. The molecule has 0 bridgehead atoms. The third kappa shape index (κ3) is 3.70. The normalized spacial score (nSPS) is 12.3. The summed E-state index contributed by atoms with van der Waals surface area (Å²) >= 11 is 1.67. The molecule has 0 amide bonds. The van der Waals surface area contributed by atoms with Crippen LogP contribution in [0.2, 0.25) is 0 Å². The van der Waals surface area contributed by atoms with E-state index in [2.05, 4.69) is 12.1 Å². The number of aromatic nitrogens is 2. The molecule has 3 aromatic rings. The third-order valence-corrected chi connectivity index (χ3v) is 5.01. The van der Waals surface area contributed by atoms with Gasteiger partial charge in [0.15, 0.2) is 0 Å². The van der Waals surface area contributed by atoms with Gasteiger partial charge >= 0.3 is 0 Å². The van der Waals surface area contributed by atoms with Crippen molar-refractivity contribution in [1.29, 1.82) is 0 Å². The Kier molecular flexibility index (Phi) is 5.35. The fraction of sp³-hybridized carbons (Fsp3) is 0.211. The topological polar surface area (TPSA) is 64.1 Å². The minimum atomic E-state index is -0.299. The van der Waals surface area contributed by atoms with Gasteiger partial charge in [-0.25, -0.2) is 0 Å². The smallest absolute Gasteiger partial charge is 0.102 e. The predicted octanol–water partition coefficient (Wildman–Crippen LogP) is 3.10. The molecule has 124 valence electrons. The van der Waals surface area contributed by atoms with Crippen molar-refractivity contribution in [3.05, 3.63) is 66.2 Å². The first kappa shape index (κ1) is 16.8. The Morgan fingerprint density at radius 2 is 1.71 bits per heavy atom. The number of aliphatic hydroxyl groups is 1. The number of benzene rings is 2. The van der Waals surface area contributed by atoms with Crippen LogP contribution >= 0.6 is 11.8 Å². The Balaban J connectivity index is 2.05. The van der Waals surface area contributed by atoms with Gasteiger partial charge < -0.3 is 10.8 Å². The monoisotopic (exact) mass is 339 g/mol. The second kappa shape index (κ2) is 7.66. The summed E-state index contributed by atoms with van der Waals surface area (Å²) in [6, 6.07) is 20.0. The van der Waals surface area contributed by atoms with Crippen LogP contribution in [0.4, 0.5) is 0 Å². The average Bonchev–Trinajstić information content (AvgIpc) is 2.92. The summed E-state index contributed by atoms with van der Waals surface area (Å²) in [6.45, 7) is -0.0431. The lowest BCUT2D eigenvalue weighted by molar-refractivity contribution is 0.265. The summed E-state index contributed by atoms with van der Waals surface area (Å²) < 4.78 is 1.90. The lowest BCUT2D eigenvalue weighted by Crippen LogP contribution is -2.27. The van der Waals surface area contributed by atoms with Gasteiger partial charge in [0.1, 0.15) is 5.03 Å². The van der Waals surface area contributed by atoms with Gasteiger partial charge in [-0.2, -0.15) is 5.10 Å². The van der Waals surface area contributed by atoms with Gasteiger partial charge in [-0.05, 0) is 18.6 Å². The predicted molar refractivity (Wildman–Crippen MR) is 98.0 cm³/mol. The maximum atomic E-state index is 9.39. The number of hydrogen-bond acceptors (Lipinski definition) is 4. The third-order valence-electron chi connectivity index (χ3n) is 3.79. The first-order valence-electron chi connectivity index (χ1n) is 7.89. The van der Waals surface area contributed by atoms with Crippen LogP contribution in [0.3, 0.4) is 0 Å². The molecule has 0 radical (unpaired) electrons. The molecule has 1 unspecified atom stereocenters. The number of hydrogen-bond donors (Lipinski definition) is 2. The molecule has 1 atom stereocenters. The van der Waals surface area contributed by atoms with E-state index in [1.807, 2.05) is 60.3 Å². The molecular formula is C19H21N3OS. The first-order valence-corrected chi connectivity index (χ1v) is 8.71. The zero-order chi connectivity index (χ0) is 16.9. The van der Waals surface area contributed by atoms with E-state index in [4.69, 9.17) is 10.8 Å². The zero-order valence-electron chi connectivity index (χ0n) is 13.6. The van der Waals surface area contributed by atoms with E-state index in [0.29, 0.717) is 6.42 Å². The van der Waals surface area contributed by atoms with Gasteiger partial charge in [-0.15, -0.1) is 0 Å². The van der Waals surface area contributed by atoms with E-state index in [-0.39, 0.29) is 12.6 Å². The summed E-state index contributed by atoms with van der Waals surface area (Å²) in [6.07, 6.45) is 0.587. The van der Waals surface area contributed by atoms with E-state index in [1.54, 1.807) is 11.8 Å². The molecule has 3 rings (SSSR count). The first-order chi connectivity index (χ1) is 11.7. The zero-order valence-corrected chi connectivity index (χ0v) is 14.4. The number of nitrogens with two attached hydrogens (primary N) is 1. The number of nitrogens with zero attached hydrogens (tertiary/aromatic N) is 2. The van der Waals surface area contributed by atoms with Gasteiger partial charge in [0.2, 0.25) is 0 Å². The van der Waals surface area contributed by atoms with Gasteiger partial charge in [0, 0.05) is 29.1 Å². The summed E-state index contributed by atoms with van der Waals surface area (Å²) in [5, 5.41) is 15.2. The van der Waals surface area contributed by atoms with Crippen molar-refractivity contribution < 1.29 is 5.11 Å². The summed E-state index contributed by atoms with van der Waals surface area (Å²) in [4.78, 5) is 1.15. The number of aryl methyl sites for hydroxylation is 1. The molecular weight excluding hydrogens is 318 g/mol. The fourth-order valence-corrected chi connectivity index (χ4v) is 3.61. The van der Waals surface area contributed by atoms with Crippen molar-refractivity contribution in [2.45, 2.75) is 22.4 Å². The average molecular weight is 339 g/mol. The SMILES string of the molecule is Cn1nc(-c2ccccc2)c(CC(N)CO)c1Sc1ccccc1. The maximum Gasteiger partial charge on any atom is 0.102 e. The molecule has 1 aromatic heterocycles. The van der Waals surface area contributed by atoms with Crippen molar-refractivity contribution in [1.82, 2.24) is 9.78 Å². The number of aliphatic hydroxyl groups excluding tert-OH is 1. The maximum absolute atomic E-state index is 9.39. The highest BCUT2D eigenvalue weighted by Gasteiger charge is 2.20. The Labute approximate surface area is 146 Å². The van der Waals surface area contributed by atoms with E-state index in [0.717, 1.165) is 26.7 Å². The Morgan fingerprint density at radius 1 is 1.08 bits per heavy atom. The highest BCUT2D eigenvalue weighted by molar-refractivity contribution is 7.99. The Bertz CT molecular complexity index is 787. The van der Waals surface area contributed by atoms with Crippen LogP contribution in [-0.4, -0.2) is 27.5 Å².